The fraction of sp³-hybridized carbons (Fsp3) is 0.0811. The van der Waals surface area contributed by atoms with Crippen LogP contribution in [0.1, 0.15) is 30.6 Å². The van der Waals surface area contributed by atoms with Crippen LogP contribution >= 0.6 is 14.3 Å². The van der Waals surface area contributed by atoms with Gasteiger partial charge in [0.25, 0.3) is 0 Å². The second-order valence-electron chi connectivity index (χ2n) is 10.9. The van der Waals surface area contributed by atoms with Crippen LogP contribution in [0, 0.1) is 0 Å². The molecule has 3 nitrogen and oxygen atoms in total. The highest BCUT2D eigenvalue weighted by Gasteiger charge is 2.37. The van der Waals surface area contributed by atoms with Gasteiger partial charge >= 0.3 is 0 Å². The average molecular weight is 585 g/mol. The highest BCUT2D eigenvalue weighted by Crippen LogP contribution is 2.58. The first-order valence-corrected chi connectivity index (χ1v) is 17.6. The van der Waals surface area contributed by atoms with Crippen molar-refractivity contribution in [1.82, 2.24) is 0 Å². The molecule has 0 saturated heterocycles. The Bertz CT molecular complexity index is 1920. The van der Waals surface area contributed by atoms with Crippen LogP contribution in [0.2, 0.25) is 0 Å². The monoisotopic (exact) mass is 584 g/mol. The summed E-state index contributed by atoms with van der Waals surface area (Å²) < 4.78 is 36.8. The standard InChI is InChI=1S/C37H30O3P2/c1-27-24-33(42(39,30-18-10-4-11-19-30)31-20-12-5-13-21-31)26-35-34-25-32(22-23-36(34)40-37(27)35)41(38,28-14-6-2-7-15-28)29-16-8-3-9-17-29/h2-23,25-27H,24H2,1H3. The summed E-state index contributed by atoms with van der Waals surface area (Å²) in [6.45, 7) is 2.13. The van der Waals surface area contributed by atoms with Gasteiger partial charge in [0.15, 0.2) is 14.3 Å². The summed E-state index contributed by atoms with van der Waals surface area (Å²) in [7, 11) is -6.29. The van der Waals surface area contributed by atoms with Crippen molar-refractivity contribution >= 4 is 57.9 Å². The molecule has 0 saturated carbocycles. The van der Waals surface area contributed by atoms with Crippen molar-refractivity contribution in [2.24, 2.45) is 0 Å². The van der Waals surface area contributed by atoms with Crippen LogP contribution in [0.5, 0.6) is 0 Å². The number of fused-ring (bicyclic) bond motifs is 3. The minimum Gasteiger partial charge on any atom is -0.460 e. The highest BCUT2D eigenvalue weighted by atomic mass is 31.2. The fourth-order valence-corrected chi connectivity index (χ4v) is 11.8. The Morgan fingerprint density at radius 3 is 1.50 bits per heavy atom. The molecule has 0 fully saturated rings. The Kier molecular flexibility index (Phi) is 6.74. The Morgan fingerprint density at radius 1 is 0.571 bits per heavy atom. The fourth-order valence-electron chi connectivity index (χ4n) is 6.17. The lowest BCUT2D eigenvalue weighted by Gasteiger charge is -2.27. The molecule has 0 N–H and O–H groups in total. The largest absolute Gasteiger partial charge is 0.460 e. The van der Waals surface area contributed by atoms with E-state index in [1.165, 1.54) is 0 Å². The van der Waals surface area contributed by atoms with Crippen LogP contribution in [-0.4, -0.2) is 0 Å². The van der Waals surface area contributed by atoms with Crippen molar-refractivity contribution in [1.29, 1.82) is 0 Å². The van der Waals surface area contributed by atoms with E-state index in [4.69, 9.17) is 4.42 Å². The minimum absolute atomic E-state index is 0.0339. The summed E-state index contributed by atoms with van der Waals surface area (Å²) in [5.41, 5.74) is 1.68. The number of allylic oxidation sites excluding steroid dienone is 1. The quantitative estimate of drug-likeness (QED) is 0.187. The van der Waals surface area contributed by atoms with Crippen molar-refractivity contribution < 1.29 is 13.5 Å². The molecule has 1 heterocycles. The average Bonchev–Trinajstić information content (AvgIpc) is 3.44. The smallest absolute Gasteiger partial charge is 0.171 e. The molecule has 1 aliphatic carbocycles. The van der Waals surface area contributed by atoms with E-state index in [0.717, 1.165) is 54.1 Å². The molecular weight excluding hydrogens is 554 g/mol. The molecule has 6 aromatic rings. The number of hydrogen-bond acceptors (Lipinski definition) is 3. The first-order valence-electron chi connectivity index (χ1n) is 14.2. The van der Waals surface area contributed by atoms with Crippen LogP contribution in [0.25, 0.3) is 17.0 Å². The van der Waals surface area contributed by atoms with E-state index in [2.05, 4.69) is 13.0 Å². The van der Waals surface area contributed by atoms with Gasteiger partial charge < -0.3 is 13.5 Å². The molecule has 1 unspecified atom stereocenters. The zero-order valence-electron chi connectivity index (χ0n) is 23.3. The molecule has 5 heteroatoms. The molecule has 1 aliphatic rings. The van der Waals surface area contributed by atoms with Crippen molar-refractivity contribution in [3.05, 3.63) is 156 Å². The summed E-state index contributed by atoms with van der Waals surface area (Å²) in [6, 6.07) is 44.9. The Morgan fingerprint density at radius 2 is 1.02 bits per heavy atom. The van der Waals surface area contributed by atoms with E-state index in [0.29, 0.717) is 6.42 Å². The van der Waals surface area contributed by atoms with Crippen LogP contribution in [0.4, 0.5) is 0 Å². The summed E-state index contributed by atoms with van der Waals surface area (Å²) in [6.07, 6.45) is 2.72. The van der Waals surface area contributed by atoms with E-state index in [9.17, 15) is 0 Å². The topological polar surface area (TPSA) is 47.3 Å². The van der Waals surface area contributed by atoms with Crippen LogP contribution < -0.4 is 26.5 Å². The molecule has 0 bridgehead atoms. The van der Waals surface area contributed by atoms with Gasteiger partial charge in [-0.3, -0.25) is 0 Å². The van der Waals surface area contributed by atoms with Gasteiger partial charge in [0, 0.05) is 43.4 Å². The number of rotatable bonds is 6. The van der Waals surface area contributed by atoms with E-state index in [1.807, 2.05) is 140 Å². The van der Waals surface area contributed by atoms with Gasteiger partial charge in [-0.05, 0) is 36.0 Å². The first kappa shape index (κ1) is 26.7. The van der Waals surface area contributed by atoms with Gasteiger partial charge in [-0.1, -0.05) is 128 Å². The summed E-state index contributed by atoms with van der Waals surface area (Å²) in [4.78, 5) is 0. The molecule has 5 aromatic carbocycles. The summed E-state index contributed by atoms with van der Waals surface area (Å²) in [5, 5.41) is 5.77. The van der Waals surface area contributed by atoms with Crippen molar-refractivity contribution in [2.75, 3.05) is 0 Å². The lowest BCUT2D eigenvalue weighted by Crippen LogP contribution is -2.24. The molecule has 1 atom stereocenters. The Labute approximate surface area is 246 Å². The van der Waals surface area contributed by atoms with Crippen LogP contribution in [0.15, 0.2) is 149 Å². The van der Waals surface area contributed by atoms with Crippen LogP contribution in [0.3, 0.4) is 0 Å². The predicted molar refractivity (Wildman–Crippen MR) is 176 cm³/mol. The zero-order valence-corrected chi connectivity index (χ0v) is 25.0. The van der Waals surface area contributed by atoms with E-state index < -0.39 is 14.3 Å². The number of benzene rings is 5. The maximum Gasteiger partial charge on any atom is 0.171 e. The summed E-state index contributed by atoms with van der Waals surface area (Å²) in [5.74, 6) is 0.916. The molecule has 206 valence electrons. The maximum absolute atomic E-state index is 15.2. The van der Waals surface area contributed by atoms with Gasteiger partial charge in [0.05, 0.1) is 0 Å². The molecule has 0 amide bonds. The van der Waals surface area contributed by atoms with Gasteiger partial charge in [-0.25, -0.2) is 0 Å². The predicted octanol–water partition coefficient (Wildman–Crippen LogP) is 7.93. The molecule has 0 aliphatic heterocycles. The molecule has 7 rings (SSSR count). The SMILES string of the molecule is CC1CC(P(=O)(c2ccccc2)c2ccccc2)=Cc2c1oc1ccc(P(=O)(c3ccccc3)c3ccccc3)cc21. The third-order valence-corrected chi connectivity index (χ3v) is 14.5. The van der Waals surface area contributed by atoms with Crippen LogP contribution in [-0.2, 0) is 9.13 Å². The van der Waals surface area contributed by atoms with Crippen molar-refractivity contribution in [2.45, 2.75) is 19.3 Å². The minimum atomic E-state index is -3.17. The van der Waals surface area contributed by atoms with Gasteiger partial charge in [-0.15, -0.1) is 0 Å². The number of hydrogen-bond donors (Lipinski definition) is 0. The molecule has 0 spiro atoms. The number of furan rings is 1. The van der Waals surface area contributed by atoms with E-state index in [-0.39, 0.29) is 5.92 Å². The highest BCUT2D eigenvalue weighted by molar-refractivity contribution is 7.85. The third-order valence-electron chi connectivity index (χ3n) is 8.26. The summed E-state index contributed by atoms with van der Waals surface area (Å²) >= 11 is 0. The van der Waals surface area contributed by atoms with Gasteiger partial charge in [-0.2, -0.15) is 0 Å². The maximum atomic E-state index is 15.2. The second-order valence-corrected chi connectivity index (χ2v) is 16.5. The molecular formula is C37H30O3P2. The third kappa shape index (κ3) is 4.28. The van der Waals surface area contributed by atoms with Crippen molar-refractivity contribution in [3.63, 3.8) is 0 Å². The first-order chi connectivity index (χ1) is 20.5. The second kappa shape index (κ2) is 10.6. The normalized spacial score (nSPS) is 15.3. The lowest BCUT2D eigenvalue weighted by atomic mass is 9.94. The molecule has 42 heavy (non-hydrogen) atoms. The van der Waals surface area contributed by atoms with Gasteiger partial charge in [0.2, 0.25) is 0 Å². The Hall–Kier alpha value is -4.16. The van der Waals surface area contributed by atoms with E-state index in [1.54, 1.807) is 0 Å². The molecule has 1 aromatic heterocycles. The lowest BCUT2D eigenvalue weighted by molar-refractivity contribution is 0.501. The molecule has 0 radical (unpaired) electrons. The van der Waals surface area contributed by atoms with Gasteiger partial charge in [0.1, 0.15) is 11.3 Å². The van der Waals surface area contributed by atoms with Crippen molar-refractivity contribution in [3.8, 4) is 0 Å². The zero-order chi connectivity index (χ0) is 28.7. The van der Waals surface area contributed by atoms with E-state index >= 15 is 9.13 Å². The Balaban J connectivity index is 1.45.